The van der Waals surface area contributed by atoms with Gasteiger partial charge >= 0.3 is 11.9 Å². The summed E-state index contributed by atoms with van der Waals surface area (Å²) in [6, 6.07) is 12.5. The van der Waals surface area contributed by atoms with Crippen molar-refractivity contribution in [3.8, 4) is 0 Å². The van der Waals surface area contributed by atoms with Crippen molar-refractivity contribution in [3.05, 3.63) is 59.7 Å². The summed E-state index contributed by atoms with van der Waals surface area (Å²) in [5, 5.41) is 9.25. The fourth-order valence-electron chi connectivity index (χ4n) is 2.71. The summed E-state index contributed by atoms with van der Waals surface area (Å²) in [7, 11) is -2.56. The molecule has 0 fully saturated rings. The van der Waals surface area contributed by atoms with Crippen molar-refractivity contribution >= 4 is 79.2 Å². The number of anilines is 2. The third-order valence-electron chi connectivity index (χ3n) is 5.19. The molecule has 0 saturated carbocycles. The summed E-state index contributed by atoms with van der Waals surface area (Å²) in [6.07, 6.45) is 0. The first kappa shape index (κ1) is 45.0. The van der Waals surface area contributed by atoms with E-state index in [-0.39, 0.29) is 36.9 Å². The van der Waals surface area contributed by atoms with E-state index in [1.54, 1.807) is 36.4 Å². The molecule has 2 aromatic rings. The third kappa shape index (κ3) is 25.6. The Kier molecular flexibility index (Phi) is 25.7. The monoisotopic (exact) mass is 806 g/mol. The molecule has 2 atom stereocenters. The van der Waals surface area contributed by atoms with E-state index in [4.69, 9.17) is 51.4 Å². The average Bonchev–Trinajstić information content (AvgIpc) is 3.04. The molecule has 0 aliphatic heterocycles. The van der Waals surface area contributed by atoms with Gasteiger partial charge in [-0.05, 0) is 48.5 Å². The molecule has 0 amide bonds. The van der Waals surface area contributed by atoms with Gasteiger partial charge in [-0.15, -0.1) is 0 Å². The van der Waals surface area contributed by atoms with Crippen molar-refractivity contribution in [3.63, 3.8) is 0 Å². The molecule has 19 heteroatoms. The smallest absolute Gasteiger partial charge is 0.338 e. The quantitative estimate of drug-likeness (QED) is 0.0717. The first-order valence-electron chi connectivity index (χ1n) is 13.8. The summed E-state index contributed by atoms with van der Waals surface area (Å²) < 4.78 is 57.6. The van der Waals surface area contributed by atoms with Gasteiger partial charge in [-0.25, -0.2) is 18.0 Å². The van der Waals surface area contributed by atoms with Gasteiger partial charge in [-0.2, -0.15) is 0 Å². The van der Waals surface area contributed by atoms with Crippen LogP contribution in [0, 0.1) is 0 Å². The van der Waals surface area contributed by atoms with Gasteiger partial charge in [0, 0.05) is 39.1 Å². The zero-order valence-electron chi connectivity index (χ0n) is 26.2. The van der Waals surface area contributed by atoms with Crippen molar-refractivity contribution in [2.45, 2.75) is 0 Å². The first-order chi connectivity index (χ1) is 22.3. The molecule has 14 nitrogen and oxygen atoms in total. The van der Waals surface area contributed by atoms with Gasteiger partial charge in [0.25, 0.3) is 0 Å². The van der Waals surface area contributed by atoms with Crippen molar-refractivity contribution < 1.29 is 55.2 Å². The number of carboxylic acids is 1. The van der Waals surface area contributed by atoms with Crippen molar-refractivity contribution in [1.29, 1.82) is 0 Å². The third-order valence-corrected chi connectivity index (χ3v) is 9.68. The van der Waals surface area contributed by atoms with Crippen LogP contribution in [0.3, 0.4) is 0 Å². The molecule has 0 bridgehead atoms. The molecule has 0 aliphatic rings. The summed E-state index contributed by atoms with van der Waals surface area (Å²) >= 11 is 12.6. The SMILES string of the molecule is COS(=O)(=S)CCOCCOCCBr.COS(=O)(=S)CCOCCOCCOC(=O)c1ccc(N)cc1.Nc1ccc(C(=O)O)cc1. The van der Waals surface area contributed by atoms with Crippen molar-refractivity contribution in [2.75, 3.05) is 102 Å². The minimum atomic E-state index is -2.66. The molecule has 0 radical (unpaired) electrons. The number of hydrogen-bond donors (Lipinski definition) is 3. The number of carbonyl (C=O) groups is 2. The maximum atomic E-state index is 11.7. The van der Waals surface area contributed by atoms with E-state index >= 15 is 0 Å². The van der Waals surface area contributed by atoms with Crippen LogP contribution in [0.5, 0.6) is 0 Å². The second kappa shape index (κ2) is 26.9. The average molecular weight is 808 g/mol. The summed E-state index contributed by atoms with van der Waals surface area (Å²) in [4.78, 5) is 21.9. The number of aromatic carboxylic acids is 1. The molecule has 2 rings (SSSR count). The number of ether oxygens (including phenoxy) is 5. The fourth-order valence-corrected chi connectivity index (χ4v) is 4.32. The molecule has 2 aromatic carbocycles. The Bertz CT molecular complexity index is 1350. The van der Waals surface area contributed by atoms with Gasteiger partial charge in [-0.3, -0.25) is 8.37 Å². The number of nitrogen functional groups attached to an aromatic ring is 2. The Hall–Kier alpha value is -2.04. The number of nitrogens with two attached hydrogens (primary N) is 2. The Morgan fingerprint density at radius 3 is 1.40 bits per heavy atom. The van der Waals surface area contributed by atoms with Crippen molar-refractivity contribution in [1.82, 2.24) is 0 Å². The Morgan fingerprint density at radius 2 is 1.02 bits per heavy atom. The van der Waals surface area contributed by atoms with Crippen LogP contribution in [0.25, 0.3) is 0 Å². The predicted molar refractivity (Wildman–Crippen MR) is 191 cm³/mol. The second-order valence-electron chi connectivity index (χ2n) is 8.68. The summed E-state index contributed by atoms with van der Waals surface area (Å²) in [6.45, 7) is 3.36. The van der Waals surface area contributed by atoms with Gasteiger partial charge in [0.05, 0.1) is 89.7 Å². The Balaban J connectivity index is 0.000000746. The van der Waals surface area contributed by atoms with E-state index in [2.05, 4.69) is 35.5 Å². The van der Waals surface area contributed by atoms with E-state index in [1.807, 2.05) is 0 Å². The highest BCUT2D eigenvalue weighted by Gasteiger charge is 2.07. The lowest BCUT2D eigenvalue weighted by Gasteiger charge is -2.08. The highest BCUT2D eigenvalue weighted by molar-refractivity contribution is 9.09. The zero-order chi connectivity index (χ0) is 35.6. The van der Waals surface area contributed by atoms with Gasteiger partial charge in [-0.1, -0.05) is 15.9 Å². The fraction of sp³-hybridized carbons (Fsp3) is 0.500. The molecule has 5 N–H and O–H groups in total. The molecule has 0 saturated heterocycles. The van der Waals surface area contributed by atoms with Gasteiger partial charge in [0.1, 0.15) is 24.2 Å². The van der Waals surface area contributed by atoms with E-state index in [0.717, 1.165) is 5.33 Å². The molecule has 2 unspecified atom stereocenters. The van der Waals surface area contributed by atoms with Crippen LogP contribution in [-0.4, -0.2) is 116 Å². The second-order valence-corrected chi connectivity index (χ2v) is 16.2. The standard InChI is InChI=1S/C14H21NO6S2.C7H15BrO4S2.C7H7NO2/c1-18-23(17,22)11-10-20-7-6-19-8-9-21-14(16)12-2-4-13(15)5-3-12;1-10-14(9,13)7-6-12-5-4-11-3-2-8;8-6-3-1-5(2-4-6)7(9)10/h2-5H,6-11,15H2,1H3;2-7H2,1H3;1-4H,8H2,(H,9,10). The molecule has 0 aliphatic carbocycles. The minimum absolute atomic E-state index is 0.146. The maximum absolute atomic E-state index is 11.7. The zero-order valence-corrected chi connectivity index (χ0v) is 31.1. The molecule has 47 heavy (non-hydrogen) atoms. The predicted octanol–water partition coefficient (Wildman–Crippen LogP) is 2.46. The number of halogens is 1. The number of hydrogen-bond acceptors (Lipinski definition) is 15. The van der Waals surface area contributed by atoms with E-state index in [0.29, 0.717) is 56.6 Å². The highest BCUT2D eigenvalue weighted by Crippen LogP contribution is 2.07. The van der Waals surface area contributed by atoms with Crippen LogP contribution in [0.2, 0.25) is 0 Å². The van der Waals surface area contributed by atoms with Crippen LogP contribution >= 0.6 is 15.9 Å². The first-order valence-corrected chi connectivity index (χ1v) is 20.1. The minimum Gasteiger partial charge on any atom is -0.478 e. The van der Waals surface area contributed by atoms with E-state index in [1.165, 1.54) is 26.4 Å². The number of benzene rings is 2. The lowest BCUT2D eigenvalue weighted by atomic mass is 10.2. The number of alkyl halides is 1. The van der Waals surface area contributed by atoms with E-state index in [9.17, 15) is 18.0 Å². The van der Waals surface area contributed by atoms with Gasteiger partial charge in [0.15, 0.2) is 0 Å². The Morgan fingerprint density at radius 1 is 0.660 bits per heavy atom. The van der Waals surface area contributed by atoms with E-state index < -0.39 is 29.5 Å². The molecular formula is C28H43BrN2O12S4. The van der Waals surface area contributed by atoms with Crippen LogP contribution in [0.1, 0.15) is 20.7 Å². The van der Waals surface area contributed by atoms with Crippen LogP contribution in [0.15, 0.2) is 48.5 Å². The Labute approximate surface area is 294 Å². The highest BCUT2D eigenvalue weighted by atomic mass is 79.9. The topological polar surface area (TPSA) is 205 Å². The lowest BCUT2D eigenvalue weighted by Crippen LogP contribution is -2.16. The summed E-state index contributed by atoms with van der Waals surface area (Å²) in [5.74, 6) is -0.945. The number of rotatable bonds is 21. The number of carbonyl (C=O) groups excluding carboxylic acids is 1. The molecule has 0 spiro atoms. The molecule has 268 valence electrons. The van der Waals surface area contributed by atoms with Gasteiger partial charge in [0.2, 0.25) is 0 Å². The lowest BCUT2D eigenvalue weighted by molar-refractivity contribution is 0.0165. The molecule has 0 heterocycles. The maximum Gasteiger partial charge on any atom is 0.338 e. The molecular weight excluding hydrogens is 764 g/mol. The van der Waals surface area contributed by atoms with Crippen LogP contribution in [-0.2, 0) is 72.0 Å². The number of carboxylic acid groups (broad SMARTS) is 1. The van der Waals surface area contributed by atoms with Crippen LogP contribution in [0.4, 0.5) is 11.4 Å². The normalized spacial score (nSPS) is 13.1. The largest absolute Gasteiger partial charge is 0.478 e. The summed E-state index contributed by atoms with van der Waals surface area (Å²) in [5.41, 5.74) is 12.7. The number of esters is 1. The molecule has 0 aromatic heterocycles. The van der Waals surface area contributed by atoms with Crippen molar-refractivity contribution in [2.24, 2.45) is 0 Å². The van der Waals surface area contributed by atoms with Gasteiger partial charge < -0.3 is 40.3 Å². The van der Waals surface area contributed by atoms with Crippen LogP contribution < -0.4 is 11.5 Å².